The Kier molecular flexibility index (Phi) is 3.41. The molecule has 5 rings (SSSR count). The van der Waals surface area contributed by atoms with E-state index in [2.05, 4.69) is 9.88 Å². The average Bonchev–Trinajstić information content (AvgIpc) is 3.03. The third kappa shape index (κ3) is 2.38. The summed E-state index contributed by atoms with van der Waals surface area (Å²) in [5, 5.41) is 4.03. The van der Waals surface area contributed by atoms with Crippen molar-refractivity contribution in [2.45, 2.75) is 31.2 Å². The number of para-hydroxylation sites is 1. The van der Waals surface area contributed by atoms with Gasteiger partial charge in [-0.3, -0.25) is 9.59 Å². The van der Waals surface area contributed by atoms with Crippen molar-refractivity contribution in [2.75, 3.05) is 12.3 Å². The zero-order valence-corrected chi connectivity index (χ0v) is 15.0. The number of anilines is 1. The van der Waals surface area contributed by atoms with Gasteiger partial charge in [-0.25, -0.2) is 0 Å². The number of rotatable bonds is 3. The summed E-state index contributed by atoms with van der Waals surface area (Å²) in [6.45, 7) is 0.668. The van der Waals surface area contributed by atoms with Gasteiger partial charge in [-0.05, 0) is 43.0 Å². The summed E-state index contributed by atoms with van der Waals surface area (Å²) in [6.07, 6.45) is 3.56. The largest absolute Gasteiger partial charge is 0.398 e. The molecule has 3 N–H and O–H groups in total. The topological polar surface area (TPSA) is 77.1 Å². The van der Waals surface area contributed by atoms with Crippen LogP contribution in [-0.2, 0) is 12.0 Å². The molecule has 3 aromatic rings. The van der Waals surface area contributed by atoms with Crippen LogP contribution in [-0.4, -0.2) is 22.8 Å². The summed E-state index contributed by atoms with van der Waals surface area (Å²) in [5.41, 5.74) is 9.77. The van der Waals surface area contributed by atoms with Crippen LogP contribution in [0.2, 0.25) is 0 Å². The minimum Gasteiger partial charge on any atom is -0.398 e. The third-order valence-corrected chi connectivity index (χ3v) is 6.10. The highest BCUT2D eigenvalue weighted by Gasteiger charge is 2.44. The molecule has 1 amide bonds. The van der Waals surface area contributed by atoms with E-state index < -0.39 is 0 Å². The fourth-order valence-electron chi connectivity index (χ4n) is 4.42. The standard InChI is InChI=1S/C22H21N3O2/c23-17-5-2-1-4-14(17)12-20(26)16-7-6-15-10-19-21(27)24-13-22(8-3-9-22)25(19)18(15)11-16/h1-2,4-7,10-11H,3,8-9,12-13,23H2,(H,24,27). The second-order valence-corrected chi connectivity index (χ2v) is 7.70. The van der Waals surface area contributed by atoms with Crippen LogP contribution in [0.4, 0.5) is 5.69 Å². The normalized spacial score (nSPS) is 17.4. The molecule has 0 bridgehead atoms. The van der Waals surface area contributed by atoms with Crippen LogP contribution in [0.3, 0.4) is 0 Å². The van der Waals surface area contributed by atoms with Gasteiger partial charge >= 0.3 is 0 Å². The number of hydrogen-bond donors (Lipinski definition) is 2. The van der Waals surface area contributed by atoms with E-state index in [1.807, 2.05) is 48.5 Å². The van der Waals surface area contributed by atoms with Crippen molar-refractivity contribution >= 4 is 28.3 Å². The molecule has 0 radical (unpaired) electrons. The lowest BCUT2D eigenvalue weighted by Gasteiger charge is -2.47. The Morgan fingerprint density at radius 2 is 1.96 bits per heavy atom. The van der Waals surface area contributed by atoms with Gasteiger partial charge in [0.15, 0.2) is 5.78 Å². The van der Waals surface area contributed by atoms with Crippen LogP contribution < -0.4 is 11.1 Å². The number of nitrogens with one attached hydrogen (secondary N) is 1. The Morgan fingerprint density at radius 1 is 1.15 bits per heavy atom. The number of carbonyl (C=O) groups excluding carboxylic acids is 2. The minimum atomic E-state index is -0.0336. The number of fused-ring (bicyclic) bond motifs is 4. The maximum atomic E-state index is 12.9. The summed E-state index contributed by atoms with van der Waals surface area (Å²) in [7, 11) is 0. The lowest BCUT2D eigenvalue weighted by Crippen LogP contribution is -2.55. The van der Waals surface area contributed by atoms with Gasteiger partial charge in [0.25, 0.3) is 5.91 Å². The Bertz CT molecular complexity index is 1090. The van der Waals surface area contributed by atoms with Crippen molar-refractivity contribution in [1.29, 1.82) is 0 Å². The maximum absolute atomic E-state index is 12.9. The van der Waals surface area contributed by atoms with Crippen LogP contribution in [0.25, 0.3) is 10.9 Å². The zero-order chi connectivity index (χ0) is 18.6. The lowest BCUT2D eigenvalue weighted by atomic mass is 9.75. The molecule has 1 fully saturated rings. The Hall–Kier alpha value is -3.08. The van der Waals surface area contributed by atoms with E-state index in [-0.39, 0.29) is 23.7 Å². The van der Waals surface area contributed by atoms with E-state index in [1.54, 1.807) is 0 Å². The molecular weight excluding hydrogens is 338 g/mol. The molecule has 1 aliphatic carbocycles. The molecule has 27 heavy (non-hydrogen) atoms. The third-order valence-electron chi connectivity index (χ3n) is 6.10. The summed E-state index contributed by atoms with van der Waals surface area (Å²) in [4.78, 5) is 25.2. The first-order valence-corrected chi connectivity index (χ1v) is 9.38. The van der Waals surface area contributed by atoms with Crippen LogP contribution in [0.15, 0.2) is 48.5 Å². The minimum absolute atomic E-state index is 0.0312. The molecule has 1 aliphatic heterocycles. The molecule has 2 aliphatic rings. The zero-order valence-electron chi connectivity index (χ0n) is 15.0. The van der Waals surface area contributed by atoms with Crippen LogP contribution >= 0.6 is 0 Å². The monoisotopic (exact) mass is 359 g/mol. The van der Waals surface area contributed by atoms with Gasteiger partial charge in [0.1, 0.15) is 5.69 Å². The quantitative estimate of drug-likeness (QED) is 0.556. The SMILES string of the molecule is Nc1ccccc1CC(=O)c1ccc2cc3n(c2c1)C1(CCC1)CNC3=O. The fourth-order valence-corrected chi connectivity index (χ4v) is 4.42. The van der Waals surface area contributed by atoms with Crippen molar-refractivity contribution in [3.8, 4) is 0 Å². The number of hydrogen-bond acceptors (Lipinski definition) is 3. The fraction of sp³-hybridized carbons (Fsp3) is 0.273. The first-order chi connectivity index (χ1) is 13.1. The molecule has 1 aromatic heterocycles. The predicted molar refractivity (Wildman–Crippen MR) is 105 cm³/mol. The number of aromatic nitrogens is 1. The van der Waals surface area contributed by atoms with Gasteiger partial charge in [-0.1, -0.05) is 30.3 Å². The molecule has 0 atom stereocenters. The number of Topliss-reactive ketones (excluding diaryl/α,β-unsaturated/α-hetero) is 1. The van der Waals surface area contributed by atoms with Crippen LogP contribution in [0.5, 0.6) is 0 Å². The van der Waals surface area contributed by atoms with Gasteiger partial charge in [-0.2, -0.15) is 0 Å². The highest BCUT2D eigenvalue weighted by molar-refractivity contribution is 6.04. The van der Waals surface area contributed by atoms with E-state index in [1.165, 1.54) is 6.42 Å². The molecule has 5 heteroatoms. The lowest BCUT2D eigenvalue weighted by molar-refractivity contribution is 0.0763. The van der Waals surface area contributed by atoms with Crippen molar-refractivity contribution in [3.05, 3.63) is 65.4 Å². The second-order valence-electron chi connectivity index (χ2n) is 7.70. The molecule has 1 saturated carbocycles. The average molecular weight is 359 g/mol. The van der Waals surface area contributed by atoms with E-state index in [9.17, 15) is 9.59 Å². The van der Waals surface area contributed by atoms with E-state index >= 15 is 0 Å². The molecule has 1 spiro atoms. The molecule has 0 unspecified atom stereocenters. The highest BCUT2D eigenvalue weighted by atomic mass is 16.2. The molecule has 136 valence electrons. The molecule has 0 saturated heterocycles. The van der Waals surface area contributed by atoms with Gasteiger partial charge in [0.05, 0.1) is 5.54 Å². The van der Waals surface area contributed by atoms with Gasteiger partial charge < -0.3 is 15.6 Å². The summed E-state index contributed by atoms with van der Waals surface area (Å²) < 4.78 is 2.18. The Morgan fingerprint density at radius 3 is 2.70 bits per heavy atom. The number of ketones is 1. The summed E-state index contributed by atoms with van der Waals surface area (Å²) in [6, 6.07) is 15.1. The van der Waals surface area contributed by atoms with E-state index in [0.29, 0.717) is 23.5 Å². The smallest absolute Gasteiger partial charge is 0.268 e. The van der Waals surface area contributed by atoms with E-state index in [4.69, 9.17) is 5.73 Å². The van der Waals surface area contributed by atoms with Crippen molar-refractivity contribution < 1.29 is 9.59 Å². The molecule has 2 heterocycles. The van der Waals surface area contributed by atoms with Gasteiger partial charge in [0, 0.05) is 35.1 Å². The molecular formula is C22H21N3O2. The second kappa shape index (κ2) is 5.71. The number of nitrogens with zero attached hydrogens (tertiary/aromatic N) is 1. The Labute approximate surface area is 157 Å². The first kappa shape index (κ1) is 16.1. The van der Waals surface area contributed by atoms with Gasteiger partial charge in [0.2, 0.25) is 0 Å². The maximum Gasteiger partial charge on any atom is 0.268 e. The van der Waals surface area contributed by atoms with Crippen molar-refractivity contribution in [3.63, 3.8) is 0 Å². The number of nitrogens with two attached hydrogens (primary N) is 1. The van der Waals surface area contributed by atoms with E-state index in [0.717, 1.165) is 29.3 Å². The number of benzene rings is 2. The molecule has 5 nitrogen and oxygen atoms in total. The first-order valence-electron chi connectivity index (χ1n) is 9.38. The number of amides is 1. The highest BCUT2D eigenvalue weighted by Crippen LogP contribution is 2.44. The van der Waals surface area contributed by atoms with Crippen molar-refractivity contribution in [1.82, 2.24) is 9.88 Å². The number of nitrogen functional groups attached to an aromatic ring is 1. The van der Waals surface area contributed by atoms with Crippen LogP contribution in [0, 0.1) is 0 Å². The number of carbonyl (C=O) groups is 2. The van der Waals surface area contributed by atoms with Crippen LogP contribution in [0.1, 0.15) is 45.7 Å². The Balaban J connectivity index is 1.58. The van der Waals surface area contributed by atoms with Gasteiger partial charge in [-0.15, -0.1) is 0 Å². The summed E-state index contributed by atoms with van der Waals surface area (Å²) in [5.74, 6) is 0.00179. The molecule has 2 aromatic carbocycles. The predicted octanol–water partition coefficient (Wildman–Crippen LogP) is 3.27. The summed E-state index contributed by atoms with van der Waals surface area (Å²) >= 11 is 0. The van der Waals surface area contributed by atoms with Crippen molar-refractivity contribution in [2.24, 2.45) is 0 Å².